The van der Waals surface area contributed by atoms with Crippen LogP contribution in [0.3, 0.4) is 0 Å². The van der Waals surface area contributed by atoms with Crippen LogP contribution in [0.4, 0.5) is 5.69 Å². The lowest BCUT2D eigenvalue weighted by atomic mass is 10.0. The molecule has 2 atom stereocenters. The molecule has 0 amide bonds. The van der Waals surface area contributed by atoms with Gasteiger partial charge >= 0.3 is 0 Å². The quantitative estimate of drug-likeness (QED) is 0.793. The Morgan fingerprint density at radius 2 is 2.00 bits per heavy atom. The van der Waals surface area contributed by atoms with Gasteiger partial charge in [0.2, 0.25) is 10.0 Å². The Bertz CT molecular complexity index is 531. The lowest BCUT2D eigenvalue weighted by Crippen LogP contribution is -2.33. The van der Waals surface area contributed by atoms with Gasteiger partial charge in [-0.2, -0.15) is 0 Å². The number of sulfonamides is 1. The zero-order valence-corrected chi connectivity index (χ0v) is 13.1. The van der Waals surface area contributed by atoms with Crippen LogP contribution in [0.5, 0.6) is 0 Å². The first-order valence-electron chi connectivity index (χ1n) is 6.33. The summed E-state index contributed by atoms with van der Waals surface area (Å²) in [4.78, 5) is 0.0689. The van der Waals surface area contributed by atoms with Crippen molar-refractivity contribution in [3.05, 3.63) is 23.2 Å². The van der Waals surface area contributed by atoms with Gasteiger partial charge in [-0.05, 0) is 37.5 Å². The van der Waals surface area contributed by atoms with Crippen LogP contribution in [-0.2, 0) is 10.0 Å². The highest BCUT2D eigenvalue weighted by molar-refractivity contribution is 7.89. The summed E-state index contributed by atoms with van der Waals surface area (Å²) < 4.78 is 27.1. The molecule has 0 spiro atoms. The maximum atomic E-state index is 12.2. The first-order valence-corrected chi connectivity index (χ1v) is 8.19. The van der Waals surface area contributed by atoms with E-state index in [1.807, 2.05) is 6.92 Å². The number of rotatable bonds is 6. The molecule has 0 aliphatic carbocycles. The second kappa shape index (κ2) is 6.59. The maximum absolute atomic E-state index is 12.2. The van der Waals surface area contributed by atoms with Crippen molar-refractivity contribution in [2.75, 3.05) is 5.73 Å². The van der Waals surface area contributed by atoms with E-state index in [-0.39, 0.29) is 16.0 Å². The molecule has 1 aromatic rings. The van der Waals surface area contributed by atoms with Crippen LogP contribution in [0.25, 0.3) is 0 Å². The molecule has 0 fully saturated rings. The average Bonchev–Trinajstić information content (AvgIpc) is 2.26. The average molecular weight is 305 g/mol. The monoisotopic (exact) mass is 304 g/mol. The van der Waals surface area contributed by atoms with Crippen molar-refractivity contribution in [2.24, 2.45) is 5.92 Å². The Kier molecular flexibility index (Phi) is 5.64. The molecular formula is C13H21ClN2O2S. The van der Waals surface area contributed by atoms with Crippen LogP contribution in [-0.4, -0.2) is 14.5 Å². The smallest absolute Gasteiger partial charge is 0.242 e. The van der Waals surface area contributed by atoms with E-state index in [1.54, 1.807) is 0 Å². The minimum absolute atomic E-state index is 0.0689. The zero-order chi connectivity index (χ0) is 14.6. The van der Waals surface area contributed by atoms with E-state index < -0.39 is 10.0 Å². The Morgan fingerprint density at radius 3 is 2.53 bits per heavy atom. The molecule has 1 rings (SSSR count). The van der Waals surface area contributed by atoms with Crippen LogP contribution in [0, 0.1) is 5.92 Å². The molecule has 3 N–H and O–H groups in total. The van der Waals surface area contributed by atoms with Crippen molar-refractivity contribution < 1.29 is 8.42 Å². The highest BCUT2D eigenvalue weighted by Gasteiger charge is 2.21. The van der Waals surface area contributed by atoms with E-state index in [0.29, 0.717) is 11.6 Å². The molecule has 0 aliphatic rings. The van der Waals surface area contributed by atoms with Gasteiger partial charge in [-0.1, -0.05) is 31.9 Å². The predicted octanol–water partition coefficient (Wildman–Crippen LogP) is 3.03. The number of hydrogen-bond donors (Lipinski definition) is 2. The minimum Gasteiger partial charge on any atom is -0.399 e. The maximum Gasteiger partial charge on any atom is 0.242 e. The summed E-state index contributed by atoms with van der Waals surface area (Å²) in [6.45, 7) is 6.04. The zero-order valence-electron chi connectivity index (χ0n) is 11.5. The van der Waals surface area contributed by atoms with Crippen LogP contribution >= 0.6 is 11.6 Å². The van der Waals surface area contributed by atoms with Crippen molar-refractivity contribution in [3.63, 3.8) is 0 Å². The van der Waals surface area contributed by atoms with E-state index in [0.717, 1.165) is 12.8 Å². The first-order chi connectivity index (χ1) is 8.76. The fraction of sp³-hybridized carbons (Fsp3) is 0.538. The highest BCUT2D eigenvalue weighted by atomic mass is 35.5. The number of hydrogen-bond acceptors (Lipinski definition) is 3. The summed E-state index contributed by atoms with van der Waals surface area (Å²) in [6.07, 6.45) is 1.82. The van der Waals surface area contributed by atoms with Crippen LogP contribution < -0.4 is 10.5 Å². The number of nitrogen functional groups attached to an aromatic ring is 1. The van der Waals surface area contributed by atoms with Gasteiger partial charge in [-0.25, -0.2) is 13.1 Å². The Balaban J connectivity index is 2.86. The number of nitrogens with one attached hydrogen (secondary N) is 1. The van der Waals surface area contributed by atoms with Gasteiger partial charge in [0.05, 0.1) is 5.02 Å². The van der Waals surface area contributed by atoms with Gasteiger partial charge in [0.1, 0.15) is 4.90 Å². The molecule has 1 aromatic carbocycles. The lowest BCUT2D eigenvalue weighted by Gasteiger charge is -2.18. The van der Waals surface area contributed by atoms with E-state index in [4.69, 9.17) is 17.3 Å². The Labute approximate surface area is 120 Å². The summed E-state index contributed by atoms with van der Waals surface area (Å²) in [6, 6.07) is 4.26. The van der Waals surface area contributed by atoms with Crippen LogP contribution in [0.1, 0.15) is 33.6 Å². The van der Waals surface area contributed by atoms with E-state index in [2.05, 4.69) is 18.6 Å². The fourth-order valence-electron chi connectivity index (χ4n) is 1.88. The van der Waals surface area contributed by atoms with E-state index >= 15 is 0 Å². The molecule has 0 saturated heterocycles. The minimum atomic E-state index is -3.60. The van der Waals surface area contributed by atoms with Crippen molar-refractivity contribution >= 4 is 27.3 Å². The van der Waals surface area contributed by atoms with Gasteiger partial charge in [0.15, 0.2) is 0 Å². The number of halogens is 1. The Morgan fingerprint density at radius 1 is 1.37 bits per heavy atom. The molecule has 0 saturated carbocycles. The third-order valence-electron chi connectivity index (χ3n) is 3.05. The van der Waals surface area contributed by atoms with Gasteiger partial charge in [-0.3, -0.25) is 0 Å². The standard InChI is InChI=1S/C13H21ClN2O2S/c1-4-9(2)7-10(3)16-19(17,18)13-6-5-11(15)8-12(13)14/h5-6,8-10,16H,4,7,15H2,1-3H3. The third-order valence-corrected chi connectivity index (χ3v) is 5.13. The summed E-state index contributed by atoms with van der Waals surface area (Å²) in [5, 5.41) is 0.142. The highest BCUT2D eigenvalue weighted by Crippen LogP contribution is 2.24. The molecule has 2 unspecified atom stereocenters. The van der Waals surface area contributed by atoms with Crippen molar-refractivity contribution in [2.45, 2.75) is 44.6 Å². The van der Waals surface area contributed by atoms with Crippen LogP contribution in [0.15, 0.2) is 23.1 Å². The topological polar surface area (TPSA) is 72.2 Å². The summed E-state index contributed by atoms with van der Waals surface area (Å²) in [5.41, 5.74) is 6.00. The van der Waals surface area contributed by atoms with Crippen molar-refractivity contribution in [1.29, 1.82) is 0 Å². The summed E-state index contributed by atoms with van der Waals surface area (Å²) in [7, 11) is -3.60. The van der Waals surface area contributed by atoms with Gasteiger partial charge in [-0.15, -0.1) is 0 Å². The molecule has 0 aliphatic heterocycles. The molecule has 4 nitrogen and oxygen atoms in total. The molecule has 0 heterocycles. The van der Waals surface area contributed by atoms with E-state index in [9.17, 15) is 8.42 Å². The second-order valence-electron chi connectivity index (χ2n) is 4.96. The number of nitrogens with two attached hydrogens (primary N) is 1. The van der Waals surface area contributed by atoms with Gasteiger partial charge < -0.3 is 5.73 Å². The largest absolute Gasteiger partial charge is 0.399 e. The molecule has 0 aromatic heterocycles. The van der Waals surface area contributed by atoms with Gasteiger partial charge in [0, 0.05) is 11.7 Å². The van der Waals surface area contributed by atoms with Crippen molar-refractivity contribution in [1.82, 2.24) is 4.72 Å². The summed E-state index contributed by atoms with van der Waals surface area (Å²) in [5.74, 6) is 0.472. The van der Waals surface area contributed by atoms with Crippen molar-refractivity contribution in [3.8, 4) is 0 Å². The molecule has 108 valence electrons. The third kappa shape index (κ3) is 4.67. The lowest BCUT2D eigenvalue weighted by molar-refractivity contribution is 0.445. The molecule has 0 radical (unpaired) electrons. The molecule has 6 heteroatoms. The SMILES string of the molecule is CCC(C)CC(C)NS(=O)(=O)c1ccc(N)cc1Cl. The number of anilines is 1. The molecular weight excluding hydrogens is 284 g/mol. The Hall–Kier alpha value is -0.780. The first kappa shape index (κ1) is 16.3. The molecule has 0 bridgehead atoms. The van der Waals surface area contributed by atoms with Gasteiger partial charge in [0.25, 0.3) is 0 Å². The predicted molar refractivity (Wildman–Crippen MR) is 79.7 cm³/mol. The normalized spacial score (nSPS) is 15.2. The van der Waals surface area contributed by atoms with Crippen LogP contribution in [0.2, 0.25) is 5.02 Å². The fourth-order valence-corrected chi connectivity index (χ4v) is 3.69. The number of benzene rings is 1. The second-order valence-corrected chi connectivity index (χ2v) is 7.05. The summed E-state index contributed by atoms with van der Waals surface area (Å²) >= 11 is 5.93. The molecule has 19 heavy (non-hydrogen) atoms. The van der Waals surface area contributed by atoms with E-state index in [1.165, 1.54) is 18.2 Å².